The summed E-state index contributed by atoms with van der Waals surface area (Å²) < 4.78 is 0. The Morgan fingerprint density at radius 3 is 2.05 bits per heavy atom. The Bertz CT molecular complexity index is 545. The minimum atomic E-state index is 0.316. The molecule has 0 N–H and O–H groups in total. The molecule has 22 heavy (non-hydrogen) atoms. The van der Waals surface area contributed by atoms with Crippen LogP contribution in [-0.4, -0.2) is 12.1 Å². The Morgan fingerprint density at radius 2 is 1.45 bits per heavy atom. The predicted octanol–water partition coefficient (Wildman–Crippen LogP) is 5.12. The average Bonchev–Trinajstić information content (AvgIpc) is 2.77. The topological polar surface area (TPSA) is 3.24 Å². The van der Waals surface area contributed by atoms with Gasteiger partial charge in [0.25, 0.3) is 0 Å². The van der Waals surface area contributed by atoms with E-state index >= 15 is 0 Å². The first-order valence-electron chi connectivity index (χ1n) is 9.44. The smallest absolute Gasteiger partial charge is 0.0408 e. The van der Waals surface area contributed by atoms with Crippen molar-refractivity contribution in [3.8, 4) is 0 Å². The van der Waals surface area contributed by atoms with E-state index in [4.69, 9.17) is 0 Å². The Hall–Kier alpha value is -0.980. The molecule has 0 unspecified atom stereocenters. The first-order chi connectivity index (χ1) is 10.6. The standard InChI is InChI=1S/C21H29N/c1-20(2)21(8-9-22(20)19-6-4-3-5-7-19)17-11-15-10-16(13-17)14-18(21)12-15/h3-7,15-18H,8-14H2,1-2H3. The van der Waals surface area contributed by atoms with Crippen molar-refractivity contribution < 1.29 is 0 Å². The van der Waals surface area contributed by atoms with Crippen molar-refractivity contribution in [2.45, 2.75) is 57.9 Å². The second kappa shape index (κ2) is 4.30. The highest BCUT2D eigenvalue weighted by molar-refractivity contribution is 5.51. The van der Waals surface area contributed by atoms with Crippen molar-refractivity contribution in [1.82, 2.24) is 0 Å². The molecule has 1 aliphatic heterocycles. The first kappa shape index (κ1) is 13.5. The third kappa shape index (κ3) is 1.51. The summed E-state index contributed by atoms with van der Waals surface area (Å²) in [6.45, 7) is 6.39. The van der Waals surface area contributed by atoms with Gasteiger partial charge in [0.1, 0.15) is 0 Å². The predicted molar refractivity (Wildman–Crippen MR) is 92.0 cm³/mol. The van der Waals surface area contributed by atoms with Gasteiger partial charge in [0, 0.05) is 23.2 Å². The molecule has 1 saturated heterocycles. The van der Waals surface area contributed by atoms with Crippen LogP contribution in [0.15, 0.2) is 30.3 Å². The van der Waals surface area contributed by atoms with E-state index in [1.54, 1.807) is 32.1 Å². The molecule has 0 amide bonds. The van der Waals surface area contributed by atoms with Gasteiger partial charge in [0.05, 0.1) is 0 Å². The van der Waals surface area contributed by atoms with E-state index in [9.17, 15) is 0 Å². The average molecular weight is 295 g/mol. The largest absolute Gasteiger partial charge is 0.366 e. The fourth-order valence-electron chi connectivity index (χ4n) is 7.63. The molecule has 0 aromatic heterocycles. The fraction of sp³-hybridized carbons (Fsp3) is 0.714. The number of hydrogen-bond acceptors (Lipinski definition) is 1. The molecular formula is C21H29N. The normalized spacial score (nSPS) is 44.9. The van der Waals surface area contributed by atoms with E-state index in [1.165, 1.54) is 18.7 Å². The fourth-order valence-corrected chi connectivity index (χ4v) is 7.63. The van der Waals surface area contributed by atoms with E-state index in [0.29, 0.717) is 11.0 Å². The third-order valence-electron chi connectivity index (χ3n) is 8.23. The van der Waals surface area contributed by atoms with Crippen LogP contribution in [-0.2, 0) is 0 Å². The summed E-state index contributed by atoms with van der Waals surface area (Å²) in [5.41, 5.74) is 2.35. The lowest BCUT2D eigenvalue weighted by molar-refractivity contribution is -0.130. The van der Waals surface area contributed by atoms with Crippen molar-refractivity contribution in [2.75, 3.05) is 11.4 Å². The summed E-state index contributed by atoms with van der Waals surface area (Å²) in [6.07, 6.45) is 9.16. The van der Waals surface area contributed by atoms with E-state index in [-0.39, 0.29) is 0 Å². The lowest BCUT2D eigenvalue weighted by atomic mass is 9.41. The van der Waals surface area contributed by atoms with Crippen LogP contribution in [0.5, 0.6) is 0 Å². The van der Waals surface area contributed by atoms with Crippen molar-refractivity contribution in [1.29, 1.82) is 0 Å². The van der Waals surface area contributed by atoms with Gasteiger partial charge in [-0.2, -0.15) is 0 Å². The van der Waals surface area contributed by atoms with Gasteiger partial charge in [-0.1, -0.05) is 18.2 Å². The maximum Gasteiger partial charge on any atom is 0.0408 e. The van der Waals surface area contributed by atoms with Gasteiger partial charge in [0.15, 0.2) is 0 Å². The Kier molecular flexibility index (Phi) is 2.63. The van der Waals surface area contributed by atoms with Crippen LogP contribution < -0.4 is 4.90 Å². The summed E-state index contributed by atoms with van der Waals surface area (Å²) in [4.78, 5) is 2.75. The van der Waals surface area contributed by atoms with E-state index < -0.39 is 0 Å². The van der Waals surface area contributed by atoms with E-state index in [1.807, 2.05) is 0 Å². The maximum atomic E-state index is 2.75. The molecule has 1 nitrogen and oxygen atoms in total. The molecule has 1 aromatic carbocycles. The molecule has 1 heterocycles. The van der Waals surface area contributed by atoms with Crippen LogP contribution in [0.25, 0.3) is 0 Å². The second-order valence-corrected chi connectivity index (χ2v) is 9.14. The third-order valence-corrected chi connectivity index (χ3v) is 8.23. The molecule has 4 aliphatic carbocycles. The molecule has 1 heteroatoms. The Balaban J connectivity index is 1.56. The summed E-state index contributed by atoms with van der Waals surface area (Å²) in [7, 11) is 0. The van der Waals surface area contributed by atoms with Crippen LogP contribution >= 0.6 is 0 Å². The first-order valence-corrected chi connectivity index (χ1v) is 9.44. The summed E-state index contributed by atoms with van der Waals surface area (Å²) in [5, 5.41) is 0. The highest BCUT2D eigenvalue weighted by Gasteiger charge is 2.66. The Morgan fingerprint density at radius 1 is 0.864 bits per heavy atom. The van der Waals surface area contributed by atoms with Gasteiger partial charge in [-0.05, 0) is 88.2 Å². The van der Waals surface area contributed by atoms with Gasteiger partial charge < -0.3 is 4.90 Å². The van der Waals surface area contributed by atoms with Crippen molar-refractivity contribution in [3.05, 3.63) is 30.3 Å². The van der Waals surface area contributed by atoms with Crippen LogP contribution in [0.2, 0.25) is 0 Å². The number of rotatable bonds is 1. The zero-order valence-corrected chi connectivity index (χ0v) is 14.1. The second-order valence-electron chi connectivity index (χ2n) is 9.14. The quantitative estimate of drug-likeness (QED) is 0.695. The lowest BCUT2D eigenvalue weighted by Gasteiger charge is -2.65. The van der Waals surface area contributed by atoms with Crippen molar-refractivity contribution >= 4 is 5.69 Å². The number of para-hydroxylation sites is 1. The molecular weight excluding hydrogens is 266 g/mol. The minimum Gasteiger partial charge on any atom is -0.366 e. The van der Waals surface area contributed by atoms with Gasteiger partial charge >= 0.3 is 0 Å². The molecule has 4 saturated carbocycles. The van der Waals surface area contributed by atoms with Crippen LogP contribution in [0, 0.1) is 29.1 Å². The highest BCUT2D eigenvalue weighted by Crippen LogP contribution is 2.69. The number of hydrogen-bond donors (Lipinski definition) is 0. The molecule has 1 spiro atoms. The molecule has 0 radical (unpaired) electrons. The lowest BCUT2D eigenvalue weighted by Crippen LogP contribution is -2.62. The number of anilines is 1. The molecule has 6 rings (SSSR count). The molecule has 118 valence electrons. The van der Waals surface area contributed by atoms with E-state index in [0.717, 1.165) is 23.7 Å². The van der Waals surface area contributed by atoms with Crippen LogP contribution in [0.4, 0.5) is 5.69 Å². The van der Waals surface area contributed by atoms with Crippen LogP contribution in [0.3, 0.4) is 0 Å². The number of nitrogens with zero attached hydrogens (tertiary/aromatic N) is 1. The maximum absolute atomic E-state index is 2.75. The van der Waals surface area contributed by atoms with E-state index in [2.05, 4.69) is 49.1 Å². The SMILES string of the molecule is CC1(C)N(c2ccccc2)CCC12C1CC3CC(C1)CC2C3. The van der Waals surface area contributed by atoms with Crippen molar-refractivity contribution in [3.63, 3.8) is 0 Å². The van der Waals surface area contributed by atoms with Gasteiger partial charge in [0.2, 0.25) is 0 Å². The monoisotopic (exact) mass is 295 g/mol. The Labute approximate surface area is 135 Å². The molecule has 0 atom stereocenters. The minimum absolute atomic E-state index is 0.316. The summed E-state index contributed by atoms with van der Waals surface area (Å²) in [5.74, 6) is 4.17. The molecule has 1 aromatic rings. The highest BCUT2D eigenvalue weighted by atomic mass is 15.2. The molecule has 5 aliphatic rings. The zero-order chi connectivity index (χ0) is 14.9. The van der Waals surface area contributed by atoms with Gasteiger partial charge in [-0.15, -0.1) is 0 Å². The van der Waals surface area contributed by atoms with Crippen LogP contribution in [0.1, 0.15) is 52.4 Å². The van der Waals surface area contributed by atoms with Crippen molar-refractivity contribution in [2.24, 2.45) is 29.1 Å². The summed E-state index contributed by atoms with van der Waals surface area (Å²) >= 11 is 0. The van der Waals surface area contributed by atoms with Gasteiger partial charge in [-0.25, -0.2) is 0 Å². The van der Waals surface area contributed by atoms with Gasteiger partial charge in [-0.3, -0.25) is 0 Å². The number of benzene rings is 1. The molecule has 5 fully saturated rings. The molecule has 4 bridgehead atoms. The zero-order valence-electron chi connectivity index (χ0n) is 14.1. The summed E-state index contributed by atoms with van der Waals surface area (Å²) in [6, 6.07) is 11.2.